The molecule has 1 unspecified atom stereocenters. The van der Waals surface area contributed by atoms with Crippen molar-refractivity contribution in [2.75, 3.05) is 13.1 Å². The summed E-state index contributed by atoms with van der Waals surface area (Å²) in [7, 11) is 0. The summed E-state index contributed by atoms with van der Waals surface area (Å²) in [6.07, 6.45) is 5.36. The van der Waals surface area contributed by atoms with Crippen LogP contribution in [0.3, 0.4) is 0 Å². The third kappa shape index (κ3) is 3.74. The van der Waals surface area contributed by atoms with Gasteiger partial charge >= 0.3 is 0 Å². The molecule has 0 saturated carbocycles. The molecule has 1 amide bonds. The predicted molar refractivity (Wildman–Crippen MR) is 99.7 cm³/mol. The Balaban J connectivity index is 1.37. The summed E-state index contributed by atoms with van der Waals surface area (Å²) in [4.78, 5) is 20.2. The van der Waals surface area contributed by atoms with E-state index in [4.69, 9.17) is 5.26 Å². The van der Waals surface area contributed by atoms with E-state index in [0.29, 0.717) is 11.1 Å². The quantitative estimate of drug-likeness (QED) is 0.902. The van der Waals surface area contributed by atoms with Crippen molar-refractivity contribution in [2.45, 2.75) is 35.3 Å². The first-order chi connectivity index (χ1) is 12.7. The standard InChI is InChI=1S/C20H20N4OS/c21-12-15-1-6-19(22-13-15)26-17-4-2-16(3-5-17)20(25)23-18-11-14-7-9-24(18)10-8-14/h1-6,13-14,18H,7-11H2,(H,23,25). The van der Waals surface area contributed by atoms with Gasteiger partial charge in [0.1, 0.15) is 11.1 Å². The molecule has 0 aliphatic carbocycles. The van der Waals surface area contributed by atoms with Crippen LogP contribution in [-0.2, 0) is 0 Å². The number of nitriles is 1. The molecule has 0 spiro atoms. The van der Waals surface area contributed by atoms with Crippen molar-refractivity contribution in [2.24, 2.45) is 5.92 Å². The van der Waals surface area contributed by atoms with Crippen LogP contribution in [0.1, 0.15) is 35.2 Å². The van der Waals surface area contributed by atoms with Crippen molar-refractivity contribution in [3.8, 4) is 6.07 Å². The van der Waals surface area contributed by atoms with Crippen molar-refractivity contribution in [3.05, 3.63) is 53.7 Å². The fourth-order valence-electron chi connectivity index (χ4n) is 3.65. The minimum absolute atomic E-state index is 0.00408. The molecule has 1 aromatic heterocycles. The normalized spacial score (nSPS) is 24.0. The van der Waals surface area contributed by atoms with Crippen molar-refractivity contribution in [1.82, 2.24) is 15.2 Å². The maximum absolute atomic E-state index is 12.5. The summed E-state index contributed by atoms with van der Waals surface area (Å²) in [6.45, 7) is 2.20. The number of hydrogen-bond acceptors (Lipinski definition) is 5. The van der Waals surface area contributed by atoms with Crippen LogP contribution in [-0.4, -0.2) is 35.0 Å². The van der Waals surface area contributed by atoms with E-state index < -0.39 is 0 Å². The van der Waals surface area contributed by atoms with E-state index in [1.54, 1.807) is 12.3 Å². The smallest absolute Gasteiger partial charge is 0.252 e. The number of hydrogen-bond donors (Lipinski definition) is 1. The van der Waals surface area contributed by atoms with Crippen LogP contribution in [0, 0.1) is 17.2 Å². The number of nitrogens with zero attached hydrogens (tertiary/aromatic N) is 3. The van der Waals surface area contributed by atoms with E-state index in [9.17, 15) is 4.79 Å². The van der Waals surface area contributed by atoms with Crippen LogP contribution in [0.25, 0.3) is 0 Å². The molecule has 1 aromatic carbocycles. The van der Waals surface area contributed by atoms with Crippen LogP contribution in [0.4, 0.5) is 0 Å². The maximum Gasteiger partial charge on any atom is 0.252 e. The highest BCUT2D eigenvalue weighted by molar-refractivity contribution is 7.99. The van der Waals surface area contributed by atoms with Gasteiger partial charge in [0.05, 0.1) is 11.7 Å². The third-order valence-corrected chi connectivity index (χ3v) is 6.11. The first kappa shape index (κ1) is 17.1. The summed E-state index contributed by atoms with van der Waals surface area (Å²) >= 11 is 1.51. The molecule has 3 aliphatic heterocycles. The average molecular weight is 364 g/mol. The van der Waals surface area contributed by atoms with Gasteiger partial charge in [-0.3, -0.25) is 9.69 Å². The van der Waals surface area contributed by atoms with Crippen molar-refractivity contribution in [3.63, 3.8) is 0 Å². The average Bonchev–Trinajstić information content (AvgIpc) is 2.70. The molecule has 3 saturated heterocycles. The number of carbonyl (C=O) groups excluding carboxylic acids is 1. The minimum atomic E-state index is -0.00408. The molecule has 1 N–H and O–H groups in total. The Kier molecular flexibility index (Phi) is 4.91. The van der Waals surface area contributed by atoms with Gasteiger partial charge in [0.25, 0.3) is 5.91 Å². The Labute approximate surface area is 157 Å². The molecule has 6 heteroatoms. The first-order valence-electron chi connectivity index (χ1n) is 8.90. The monoisotopic (exact) mass is 364 g/mol. The van der Waals surface area contributed by atoms with Gasteiger partial charge in [0, 0.05) is 29.7 Å². The molecule has 2 bridgehead atoms. The number of aromatic nitrogens is 1. The molecular formula is C20H20N4OS. The van der Waals surface area contributed by atoms with E-state index in [0.717, 1.165) is 35.3 Å². The number of piperidine rings is 3. The Hall–Kier alpha value is -2.36. The molecule has 1 atom stereocenters. The van der Waals surface area contributed by atoms with Gasteiger partial charge in [-0.25, -0.2) is 4.98 Å². The lowest BCUT2D eigenvalue weighted by Gasteiger charge is -2.45. The number of fused-ring (bicyclic) bond motifs is 3. The summed E-state index contributed by atoms with van der Waals surface area (Å²) in [5, 5.41) is 12.8. The second-order valence-electron chi connectivity index (χ2n) is 6.83. The fourth-order valence-corrected chi connectivity index (χ4v) is 4.41. The number of rotatable bonds is 4. The molecule has 5 nitrogen and oxygen atoms in total. The highest BCUT2D eigenvalue weighted by atomic mass is 32.2. The second-order valence-corrected chi connectivity index (χ2v) is 7.92. The Morgan fingerprint density at radius 2 is 1.96 bits per heavy atom. The summed E-state index contributed by atoms with van der Waals surface area (Å²) in [5.41, 5.74) is 1.23. The Morgan fingerprint density at radius 3 is 2.54 bits per heavy atom. The summed E-state index contributed by atoms with van der Waals surface area (Å²) in [5.74, 6) is 0.764. The number of pyridine rings is 1. The predicted octanol–water partition coefficient (Wildman–Crippen LogP) is 3.28. The van der Waals surface area contributed by atoms with E-state index >= 15 is 0 Å². The zero-order chi connectivity index (χ0) is 17.9. The SMILES string of the molecule is N#Cc1ccc(Sc2ccc(C(=O)NC3CC4CCN3CC4)cc2)nc1. The lowest BCUT2D eigenvalue weighted by molar-refractivity contribution is 0.0295. The van der Waals surface area contributed by atoms with E-state index in [-0.39, 0.29) is 12.1 Å². The molecule has 5 rings (SSSR count). The van der Waals surface area contributed by atoms with Gasteiger partial charge in [-0.05, 0) is 61.6 Å². The zero-order valence-corrected chi connectivity index (χ0v) is 15.2. The number of nitrogens with one attached hydrogen (secondary N) is 1. The zero-order valence-electron chi connectivity index (χ0n) is 14.4. The molecule has 3 aliphatic rings. The molecular weight excluding hydrogens is 344 g/mol. The van der Waals surface area contributed by atoms with E-state index in [2.05, 4.69) is 21.3 Å². The van der Waals surface area contributed by atoms with Crippen LogP contribution in [0.2, 0.25) is 0 Å². The molecule has 4 heterocycles. The fraction of sp³-hybridized carbons (Fsp3) is 0.350. The van der Waals surface area contributed by atoms with Gasteiger partial charge in [0.15, 0.2) is 0 Å². The minimum Gasteiger partial charge on any atom is -0.336 e. The lowest BCUT2D eigenvalue weighted by atomic mass is 9.86. The van der Waals surface area contributed by atoms with Gasteiger partial charge in [-0.15, -0.1) is 0 Å². The first-order valence-corrected chi connectivity index (χ1v) is 9.72. The van der Waals surface area contributed by atoms with Crippen LogP contribution in [0.5, 0.6) is 0 Å². The second kappa shape index (κ2) is 7.48. The summed E-state index contributed by atoms with van der Waals surface area (Å²) < 4.78 is 0. The Bertz CT molecular complexity index is 820. The number of amides is 1. The molecule has 26 heavy (non-hydrogen) atoms. The van der Waals surface area contributed by atoms with E-state index in [1.807, 2.05) is 30.3 Å². The van der Waals surface area contributed by atoms with Gasteiger partial charge < -0.3 is 5.32 Å². The van der Waals surface area contributed by atoms with Gasteiger partial charge in [0.2, 0.25) is 0 Å². The van der Waals surface area contributed by atoms with Crippen molar-refractivity contribution < 1.29 is 4.79 Å². The topological polar surface area (TPSA) is 69.0 Å². The Morgan fingerprint density at radius 1 is 1.19 bits per heavy atom. The van der Waals surface area contributed by atoms with Crippen LogP contribution < -0.4 is 5.32 Å². The summed E-state index contributed by atoms with van der Waals surface area (Å²) in [6, 6.07) is 13.2. The number of benzene rings is 1. The lowest BCUT2D eigenvalue weighted by Crippen LogP contribution is -2.56. The van der Waals surface area contributed by atoms with Crippen LogP contribution >= 0.6 is 11.8 Å². The van der Waals surface area contributed by atoms with Crippen molar-refractivity contribution >= 4 is 17.7 Å². The maximum atomic E-state index is 12.5. The number of carbonyl (C=O) groups is 1. The van der Waals surface area contributed by atoms with Gasteiger partial charge in [-0.2, -0.15) is 5.26 Å². The van der Waals surface area contributed by atoms with Crippen LogP contribution in [0.15, 0.2) is 52.5 Å². The molecule has 2 aromatic rings. The van der Waals surface area contributed by atoms with Gasteiger partial charge in [-0.1, -0.05) is 11.8 Å². The highest BCUT2D eigenvalue weighted by Gasteiger charge is 2.34. The highest BCUT2D eigenvalue weighted by Crippen LogP contribution is 2.31. The van der Waals surface area contributed by atoms with Crippen molar-refractivity contribution in [1.29, 1.82) is 5.26 Å². The third-order valence-electron chi connectivity index (χ3n) is 5.15. The largest absolute Gasteiger partial charge is 0.336 e. The van der Waals surface area contributed by atoms with E-state index in [1.165, 1.54) is 24.6 Å². The molecule has 0 radical (unpaired) electrons. The molecule has 132 valence electrons. The molecule has 3 fully saturated rings.